The van der Waals surface area contributed by atoms with Gasteiger partial charge in [0.2, 0.25) is 0 Å². The van der Waals surface area contributed by atoms with Crippen LogP contribution in [0.4, 0.5) is 5.82 Å². The number of hydrogen-bond donors (Lipinski definition) is 0. The molecule has 0 N–H and O–H groups in total. The van der Waals surface area contributed by atoms with Crippen molar-refractivity contribution in [2.75, 3.05) is 45.2 Å². The molecule has 0 unspecified atom stereocenters. The van der Waals surface area contributed by atoms with Crippen molar-refractivity contribution in [2.45, 2.75) is 26.4 Å². The van der Waals surface area contributed by atoms with Crippen LogP contribution in [0.3, 0.4) is 0 Å². The predicted octanol–water partition coefficient (Wildman–Crippen LogP) is 2.12. The van der Waals surface area contributed by atoms with Crippen LogP contribution in [0.2, 0.25) is 0 Å². The fourth-order valence-electron chi connectivity index (χ4n) is 3.13. The average Bonchev–Trinajstić information content (AvgIpc) is 2.62. The minimum Gasteiger partial charge on any atom is -0.354 e. The zero-order valence-corrected chi connectivity index (χ0v) is 15.7. The van der Waals surface area contributed by atoms with Crippen LogP contribution in [-0.4, -0.2) is 65.0 Å². The van der Waals surface area contributed by atoms with E-state index in [0.717, 1.165) is 55.8 Å². The maximum atomic E-state index is 4.66. The summed E-state index contributed by atoms with van der Waals surface area (Å²) in [6.07, 6.45) is 1.85. The molecule has 0 aliphatic carbocycles. The largest absolute Gasteiger partial charge is 0.354 e. The van der Waals surface area contributed by atoms with E-state index in [0.29, 0.717) is 0 Å². The monoisotopic (exact) mass is 340 g/mol. The molecule has 1 aliphatic rings. The number of aromatic nitrogens is 3. The number of pyridine rings is 1. The van der Waals surface area contributed by atoms with Gasteiger partial charge in [-0.25, -0.2) is 9.97 Å². The first-order valence-corrected chi connectivity index (χ1v) is 8.92. The predicted molar refractivity (Wildman–Crippen MR) is 101 cm³/mol. The van der Waals surface area contributed by atoms with Crippen LogP contribution in [0.5, 0.6) is 0 Å². The van der Waals surface area contributed by atoms with Gasteiger partial charge in [0.25, 0.3) is 0 Å². The molecule has 25 heavy (non-hydrogen) atoms. The molecule has 3 rings (SSSR count). The van der Waals surface area contributed by atoms with Crippen LogP contribution in [0.25, 0.3) is 0 Å². The zero-order valence-electron chi connectivity index (χ0n) is 15.7. The van der Waals surface area contributed by atoms with Gasteiger partial charge in [-0.1, -0.05) is 6.07 Å². The summed E-state index contributed by atoms with van der Waals surface area (Å²) >= 11 is 0. The standard InChI is InChI=1S/C19H28N6/c1-15(18-7-5-6-8-20-18)24(4)14-17-13-19(22-16(2)21-17)25-11-9-23(3)10-12-25/h5-8,13,15H,9-12,14H2,1-4H3/t15-/m0/s1. The smallest absolute Gasteiger partial charge is 0.132 e. The summed E-state index contributed by atoms with van der Waals surface area (Å²) in [5.74, 6) is 1.89. The lowest BCUT2D eigenvalue weighted by atomic mass is 10.2. The van der Waals surface area contributed by atoms with Gasteiger partial charge >= 0.3 is 0 Å². The van der Waals surface area contributed by atoms with Crippen molar-refractivity contribution in [3.05, 3.63) is 47.7 Å². The third kappa shape index (κ3) is 4.52. The molecule has 1 aliphatic heterocycles. The van der Waals surface area contributed by atoms with E-state index in [-0.39, 0.29) is 6.04 Å². The van der Waals surface area contributed by atoms with Gasteiger partial charge in [0.05, 0.1) is 11.4 Å². The van der Waals surface area contributed by atoms with Gasteiger partial charge in [0.15, 0.2) is 0 Å². The second-order valence-corrected chi connectivity index (χ2v) is 6.90. The minimum absolute atomic E-state index is 0.239. The molecular formula is C19H28N6. The summed E-state index contributed by atoms with van der Waals surface area (Å²) < 4.78 is 0. The summed E-state index contributed by atoms with van der Waals surface area (Å²) in [7, 11) is 4.29. The molecule has 0 amide bonds. The molecule has 3 heterocycles. The second kappa shape index (κ2) is 7.89. The SMILES string of the molecule is Cc1nc(CN(C)[C@@H](C)c2ccccn2)cc(N2CCN(C)CC2)n1. The lowest BCUT2D eigenvalue weighted by Crippen LogP contribution is -2.45. The number of aryl methyl sites for hydroxylation is 1. The molecular weight excluding hydrogens is 312 g/mol. The summed E-state index contributed by atoms with van der Waals surface area (Å²) in [5.41, 5.74) is 2.14. The molecule has 6 heteroatoms. The Bertz CT molecular complexity index is 682. The Balaban J connectivity index is 1.72. The number of hydrogen-bond acceptors (Lipinski definition) is 6. The van der Waals surface area contributed by atoms with Gasteiger partial charge in [0, 0.05) is 51.0 Å². The van der Waals surface area contributed by atoms with E-state index in [1.165, 1.54) is 0 Å². The Labute approximate surface area is 150 Å². The molecule has 1 saturated heterocycles. The van der Waals surface area contributed by atoms with Crippen LogP contribution in [0.1, 0.15) is 30.2 Å². The first-order chi connectivity index (χ1) is 12.0. The summed E-state index contributed by atoms with van der Waals surface area (Å²) in [6.45, 7) is 9.13. The molecule has 2 aromatic heterocycles. The molecule has 2 aromatic rings. The zero-order chi connectivity index (χ0) is 17.8. The highest BCUT2D eigenvalue weighted by Gasteiger charge is 2.18. The maximum Gasteiger partial charge on any atom is 0.132 e. The van der Waals surface area contributed by atoms with Crippen LogP contribution in [0, 0.1) is 6.92 Å². The van der Waals surface area contributed by atoms with Gasteiger partial charge < -0.3 is 9.80 Å². The van der Waals surface area contributed by atoms with Crippen molar-refractivity contribution in [2.24, 2.45) is 0 Å². The summed E-state index contributed by atoms with van der Waals surface area (Å²) in [4.78, 5) is 20.8. The van der Waals surface area contributed by atoms with E-state index in [2.05, 4.69) is 62.8 Å². The molecule has 6 nitrogen and oxygen atoms in total. The van der Waals surface area contributed by atoms with Gasteiger partial charge in [-0.15, -0.1) is 0 Å². The Morgan fingerprint density at radius 1 is 1.16 bits per heavy atom. The summed E-state index contributed by atoms with van der Waals surface area (Å²) in [6, 6.07) is 8.44. The number of nitrogens with zero attached hydrogens (tertiary/aromatic N) is 6. The number of rotatable bonds is 5. The van der Waals surface area contributed by atoms with E-state index in [1.54, 1.807) is 0 Å². The number of anilines is 1. The van der Waals surface area contributed by atoms with Crippen molar-refractivity contribution in [3.63, 3.8) is 0 Å². The van der Waals surface area contributed by atoms with E-state index in [4.69, 9.17) is 0 Å². The highest BCUT2D eigenvalue weighted by Crippen LogP contribution is 2.20. The molecule has 0 saturated carbocycles. The van der Waals surface area contributed by atoms with E-state index in [1.807, 2.05) is 25.3 Å². The van der Waals surface area contributed by atoms with Crippen LogP contribution in [-0.2, 0) is 6.54 Å². The fraction of sp³-hybridized carbons (Fsp3) is 0.526. The molecule has 0 spiro atoms. The van der Waals surface area contributed by atoms with Crippen LogP contribution in [0.15, 0.2) is 30.5 Å². The number of piperazine rings is 1. The maximum absolute atomic E-state index is 4.66. The van der Waals surface area contributed by atoms with Crippen molar-refractivity contribution < 1.29 is 0 Å². The molecule has 1 atom stereocenters. The lowest BCUT2D eigenvalue weighted by molar-refractivity contribution is 0.245. The van der Waals surface area contributed by atoms with Gasteiger partial charge in [-0.05, 0) is 40.1 Å². The van der Waals surface area contributed by atoms with Crippen molar-refractivity contribution in [1.29, 1.82) is 0 Å². The second-order valence-electron chi connectivity index (χ2n) is 6.90. The molecule has 0 bridgehead atoms. The van der Waals surface area contributed by atoms with Crippen molar-refractivity contribution >= 4 is 5.82 Å². The van der Waals surface area contributed by atoms with E-state index < -0.39 is 0 Å². The Hall–Kier alpha value is -2.05. The minimum atomic E-state index is 0.239. The van der Waals surface area contributed by atoms with Crippen molar-refractivity contribution in [1.82, 2.24) is 24.8 Å². The third-order valence-electron chi connectivity index (χ3n) is 4.89. The Kier molecular flexibility index (Phi) is 5.60. The van der Waals surface area contributed by atoms with Crippen molar-refractivity contribution in [3.8, 4) is 0 Å². The third-order valence-corrected chi connectivity index (χ3v) is 4.89. The highest BCUT2D eigenvalue weighted by molar-refractivity contribution is 5.40. The topological polar surface area (TPSA) is 48.4 Å². The first kappa shape index (κ1) is 17.8. The Morgan fingerprint density at radius 3 is 2.60 bits per heavy atom. The van der Waals surface area contributed by atoms with Crippen LogP contribution >= 0.6 is 0 Å². The van der Waals surface area contributed by atoms with Gasteiger partial charge in [-0.2, -0.15) is 0 Å². The molecule has 134 valence electrons. The normalized spacial score (nSPS) is 17.1. The molecule has 0 aromatic carbocycles. The summed E-state index contributed by atoms with van der Waals surface area (Å²) in [5, 5.41) is 0. The quantitative estimate of drug-likeness (QED) is 0.831. The van der Waals surface area contributed by atoms with Crippen LogP contribution < -0.4 is 4.90 Å². The van der Waals surface area contributed by atoms with Gasteiger partial charge in [0.1, 0.15) is 11.6 Å². The first-order valence-electron chi connectivity index (χ1n) is 8.92. The highest BCUT2D eigenvalue weighted by atomic mass is 15.3. The van der Waals surface area contributed by atoms with E-state index in [9.17, 15) is 0 Å². The fourth-order valence-corrected chi connectivity index (χ4v) is 3.13. The average molecular weight is 340 g/mol. The Morgan fingerprint density at radius 2 is 1.92 bits per heavy atom. The van der Waals surface area contributed by atoms with E-state index >= 15 is 0 Å². The number of likely N-dealkylation sites (N-methyl/N-ethyl adjacent to an activating group) is 1. The molecule has 0 radical (unpaired) electrons. The van der Waals surface area contributed by atoms with Gasteiger partial charge in [-0.3, -0.25) is 9.88 Å². The lowest BCUT2D eigenvalue weighted by Gasteiger charge is -2.33. The molecule has 1 fully saturated rings.